The summed E-state index contributed by atoms with van der Waals surface area (Å²) in [7, 11) is -3.49. The summed E-state index contributed by atoms with van der Waals surface area (Å²) in [4.78, 5) is 7.53. The van der Waals surface area contributed by atoms with E-state index < -0.39 is 10.0 Å². The van der Waals surface area contributed by atoms with Crippen molar-refractivity contribution in [2.45, 2.75) is 18.9 Å². The van der Waals surface area contributed by atoms with Crippen molar-refractivity contribution < 1.29 is 13.2 Å². The van der Waals surface area contributed by atoms with Crippen LogP contribution < -0.4 is 4.72 Å². The minimum atomic E-state index is -3.49. The molecule has 2 heterocycles. The second-order valence-corrected chi connectivity index (χ2v) is 5.88. The van der Waals surface area contributed by atoms with Crippen molar-refractivity contribution in [3.63, 3.8) is 0 Å². The Hall–Kier alpha value is -0.920. The summed E-state index contributed by atoms with van der Waals surface area (Å²) in [5, 5.41) is 0.190. The Morgan fingerprint density at radius 3 is 3.06 bits per heavy atom. The lowest BCUT2D eigenvalue weighted by Crippen LogP contribution is -2.26. The summed E-state index contributed by atoms with van der Waals surface area (Å²) in [6.45, 7) is 0.619. The number of hydrogen-bond acceptors (Lipinski definition) is 5. The second kappa shape index (κ2) is 5.16. The zero-order valence-electron chi connectivity index (χ0n) is 8.97. The van der Waals surface area contributed by atoms with E-state index in [9.17, 15) is 8.42 Å². The van der Waals surface area contributed by atoms with Crippen LogP contribution in [0.2, 0.25) is 5.15 Å². The predicted octanol–water partition coefficient (Wildman–Crippen LogP) is 1.05. The van der Waals surface area contributed by atoms with Gasteiger partial charge in [0.15, 0.2) is 0 Å². The fourth-order valence-electron chi connectivity index (χ4n) is 1.59. The molecule has 0 spiro atoms. The van der Waals surface area contributed by atoms with E-state index >= 15 is 0 Å². The van der Waals surface area contributed by atoms with Crippen LogP contribution in [-0.4, -0.2) is 36.8 Å². The molecule has 1 aromatic rings. The largest absolute Gasteiger partial charge is 0.377 e. The Labute approximate surface area is 104 Å². The van der Waals surface area contributed by atoms with E-state index in [0.29, 0.717) is 6.61 Å². The van der Waals surface area contributed by atoms with Gasteiger partial charge in [0.2, 0.25) is 16.0 Å². The van der Waals surface area contributed by atoms with Gasteiger partial charge >= 0.3 is 0 Å². The highest BCUT2D eigenvalue weighted by Crippen LogP contribution is 2.15. The van der Waals surface area contributed by atoms with Crippen molar-refractivity contribution in [1.82, 2.24) is 9.97 Å². The molecule has 17 heavy (non-hydrogen) atoms. The smallest absolute Gasteiger partial charge is 0.237 e. The maximum absolute atomic E-state index is 11.8. The van der Waals surface area contributed by atoms with Crippen LogP contribution in [0.3, 0.4) is 0 Å². The Bertz CT molecular complexity index is 488. The number of sulfonamides is 1. The van der Waals surface area contributed by atoms with Gasteiger partial charge < -0.3 is 4.74 Å². The zero-order valence-corrected chi connectivity index (χ0v) is 10.5. The molecule has 8 heteroatoms. The Balaban J connectivity index is 2.01. The van der Waals surface area contributed by atoms with Gasteiger partial charge in [0.25, 0.3) is 0 Å². The maximum Gasteiger partial charge on any atom is 0.237 e. The normalized spacial score (nSPS) is 20.4. The second-order valence-electron chi connectivity index (χ2n) is 3.72. The van der Waals surface area contributed by atoms with Gasteiger partial charge in [-0.25, -0.2) is 18.4 Å². The molecule has 0 radical (unpaired) electrons. The van der Waals surface area contributed by atoms with Crippen LogP contribution in [0.1, 0.15) is 12.8 Å². The van der Waals surface area contributed by atoms with Crippen LogP contribution >= 0.6 is 11.6 Å². The first-order valence-corrected chi connectivity index (χ1v) is 7.19. The number of ether oxygens (including phenoxy) is 1. The molecule has 2 rings (SSSR count). The number of nitrogens with zero attached hydrogens (tertiary/aromatic N) is 2. The summed E-state index contributed by atoms with van der Waals surface area (Å²) < 4.78 is 31.0. The molecule has 1 aliphatic rings. The lowest BCUT2D eigenvalue weighted by molar-refractivity contribution is 0.127. The zero-order chi connectivity index (χ0) is 12.3. The highest BCUT2D eigenvalue weighted by Gasteiger charge is 2.23. The number of hydrogen-bond donors (Lipinski definition) is 1. The van der Waals surface area contributed by atoms with E-state index in [1.807, 2.05) is 0 Å². The molecule has 6 nitrogen and oxygen atoms in total. The van der Waals surface area contributed by atoms with Gasteiger partial charge in [-0.2, -0.15) is 0 Å². The molecule has 94 valence electrons. The van der Waals surface area contributed by atoms with E-state index in [0.717, 1.165) is 12.8 Å². The lowest BCUT2D eigenvalue weighted by Gasteiger charge is -2.10. The van der Waals surface area contributed by atoms with Crippen LogP contribution in [0.5, 0.6) is 0 Å². The van der Waals surface area contributed by atoms with Crippen molar-refractivity contribution in [1.29, 1.82) is 0 Å². The van der Waals surface area contributed by atoms with Crippen LogP contribution in [0.25, 0.3) is 0 Å². The predicted molar refractivity (Wildman–Crippen MR) is 63.4 cm³/mol. The van der Waals surface area contributed by atoms with Crippen LogP contribution in [0.4, 0.5) is 5.95 Å². The van der Waals surface area contributed by atoms with Crippen molar-refractivity contribution in [3.8, 4) is 0 Å². The third kappa shape index (κ3) is 3.79. The quantitative estimate of drug-likeness (QED) is 0.832. The van der Waals surface area contributed by atoms with E-state index in [1.54, 1.807) is 0 Å². The highest BCUT2D eigenvalue weighted by molar-refractivity contribution is 7.92. The molecule has 1 saturated heterocycles. The van der Waals surface area contributed by atoms with Gasteiger partial charge in [-0.15, -0.1) is 0 Å². The third-order valence-electron chi connectivity index (χ3n) is 2.30. The van der Waals surface area contributed by atoms with E-state index in [2.05, 4.69) is 14.7 Å². The SMILES string of the molecule is O=S(=O)(CC1CCCO1)Nc1nccc(Cl)n1. The molecular formula is C9H12ClN3O3S. The molecule has 1 fully saturated rings. The van der Waals surface area contributed by atoms with E-state index in [4.69, 9.17) is 16.3 Å². The number of anilines is 1. The maximum atomic E-state index is 11.8. The third-order valence-corrected chi connectivity index (χ3v) is 3.81. The molecule has 1 unspecified atom stereocenters. The summed E-state index contributed by atoms with van der Waals surface area (Å²) in [6.07, 6.45) is 2.80. The summed E-state index contributed by atoms with van der Waals surface area (Å²) >= 11 is 5.63. The Morgan fingerprint density at radius 2 is 2.41 bits per heavy atom. The minimum Gasteiger partial charge on any atom is -0.377 e. The van der Waals surface area contributed by atoms with Crippen molar-refractivity contribution in [2.75, 3.05) is 17.1 Å². The van der Waals surface area contributed by atoms with Crippen LogP contribution in [0, 0.1) is 0 Å². The van der Waals surface area contributed by atoms with E-state index in [-0.39, 0.29) is 23.0 Å². The lowest BCUT2D eigenvalue weighted by atomic mass is 10.3. The molecular weight excluding hydrogens is 266 g/mol. The van der Waals surface area contributed by atoms with E-state index in [1.165, 1.54) is 12.3 Å². The van der Waals surface area contributed by atoms with Gasteiger partial charge in [0, 0.05) is 12.8 Å². The number of aromatic nitrogens is 2. The van der Waals surface area contributed by atoms with Crippen LogP contribution in [0.15, 0.2) is 12.3 Å². The Morgan fingerprint density at radius 1 is 1.59 bits per heavy atom. The number of nitrogens with one attached hydrogen (secondary N) is 1. The molecule has 0 aromatic carbocycles. The van der Waals surface area contributed by atoms with Crippen molar-refractivity contribution in [3.05, 3.63) is 17.4 Å². The molecule has 0 saturated carbocycles. The molecule has 0 amide bonds. The van der Waals surface area contributed by atoms with Gasteiger partial charge in [0.05, 0.1) is 11.9 Å². The fraction of sp³-hybridized carbons (Fsp3) is 0.556. The molecule has 1 aromatic heterocycles. The summed E-state index contributed by atoms with van der Waals surface area (Å²) in [6, 6.07) is 1.47. The van der Waals surface area contributed by atoms with Crippen molar-refractivity contribution in [2.24, 2.45) is 0 Å². The Kier molecular flexibility index (Phi) is 3.80. The first-order chi connectivity index (χ1) is 8.05. The first kappa shape index (κ1) is 12.5. The van der Waals surface area contributed by atoms with Gasteiger partial charge in [-0.3, -0.25) is 4.72 Å². The van der Waals surface area contributed by atoms with Crippen LogP contribution in [-0.2, 0) is 14.8 Å². The van der Waals surface area contributed by atoms with Gasteiger partial charge in [0.1, 0.15) is 5.15 Å². The summed E-state index contributed by atoms with van der Waals surface area (Å²) in [5.41, 5.74) is 0. The molecule has 1 N–H and O–H groups in total. The number of halogens is 1. The average Bonchev–Trinajstić information content (AvgIpc) is 2.68. The number of rotatable bonds is 4. The monoisotopic (exact) mass is 277 g/mol. The molecule has 1 atom stereocenters. The molecule has 0 aliphatic carbocycles. The highest BCUT2D eigenvalue weighted by atomic mass is 35.5. The first-order valence-electron chi connectivity index (χ1n) is 5.16. The van der Waals surface area contributed by atoms with Gasteiger partial charge in [-0.05, 0) is 18.9 Å². The standard InChI is InChI=1S/C9H12ClN3O3S/c10-8-3-4-11-9(12-8)13-17(14,15)6-7-2-1-5-16-7/h3-4,7H,1-2,5-6H2,(H,11,12,13). The van der Waals surface area contributed by atoms with Crippen molar-refractivity contribution >= 4 is 27.6 Å². The summed E-state index contributed by atoms with van der Waals surface area (Å²) in [5.74, 6) is -0.0985. The average molecular weight is 278 g/mol. The van der Waals surface area contributed by atoms with Gasteiger partial charge in [-0.1, -0.05) is 11.6 Å². The minimum absolute atomic E-state index is 0.0181. The molecule has 1 aliphatic heterocycles. The topological polar surface area (TPSA) is 81.2 Å². The molecule has 0 bridgehead atoms. The fourth-order valence-corrected chi connectivity index (χ4v) is 2.94.